The van der Waals surface area contributed by atoms with E-state index in [1.807, 2.05) is 19.1 Å². The minimum Gasteiger partial charge on any atom is -0.360 e. The van der Waals surface area contributed by atoms with E-state index in [4.69, 9.17) is 16.1 Å². The van der Waals surface area contributed by atoms with Crippen molar-refractivity contribution in [3.05, 3.63) is 64.3 Å². The van der Waals surface area contributed by atoms with Gasteiger partial charge in [0.2, 0.25) is 5.91 Å². The van der Waals surface area contributed by atoms with Gasteiger partial charge in [0.1, 0.15) is 28.7 Å². The number of hydrogen-bond donors (Lipinski definition) is 1. The quantitative estimate of drug-likeness (QED) is 0.618. The van der Waals surface area contributed by atoms with Crippen LogP contribution in [0.4, 0.5) is 10.2 Å². The van der Waals surface area contributed by atoms with Crippen LogP contribution in [0.5, 0.6) is 0 Å². The molecular formula is C23H22ClFN4O3. The Kier molecular flexibility index (Phi) is 6.23. The number of anilines is 1. The smallest absolute Gasteiger partial charge is 0.259 e. The molecule has 0 saturated carbocycles. The van der Waals surface area contributed by atoms with E-state index >= 15 is 0 Å². The lowest BCUT2D eigenvalue weighted by molar-refractivity contribution is -0.121. The highest BCUT2D eigenvalue weighted by Gasteiger charge is 2.33. The van der Waals surface area contributed by atoms with Gasteiger partial charge in [0.15, 0.2) is 0 Å². The molecule has 4 rings (SSSR count). The molecule has 9 heteroatoms. The summed E-state index contributed by atoms with van der Waals surface area (Å²) in [6.07, 6.45) is 1.31. The molecule has 0 radical (unpaired) electrons. The Morgan fingerprint density at radius 2 is 2.00 bits per heavy atom. The number of aryl methyl sites for hydroxylation is 2. The summed E-state index contributed by atoms with van der Waals surface area (Å²) >= 11 is 6.18. The van der Waals surface area contributed by atoms with Crippen LogP contribution in [0, 0.1) is 25.6 Å². The lowest BCUT2D eigenvalue weighted by atomic mass is 9.95. The Hall–Kier alpha value is -3.26. The van der Waals surface area contributed by atoms with Gasteiger partial charge in [0, 0.05) is 18.8 Å². The number of piperidine rings is 1. The molecule has 1 fully saturated rings. The summed E-state index contributed by atoms with van der Waals surface area (Å²) in [5.41, 5.74) is 1.03. The largest absolute Gasteiger partial charge is 0.360 e. The van der Waals surface area contributed by atoms with E-state index in [1.54, 1.807) is 17.9 Å². The van der Waals surface area contributed by atoms with Crippen molar-refractivity contribution >= 4 is 29.2 Å². The zero-order chi connectivity index (χ0) is 22.8. The van der Waals surface area contributed by atoms with Gasteiger partial charge in [-0.05, 0) is 51.0 Å². The van der Waals surface area contributed by atoms with Gasteiger partial charge in [-0.3, -0.25) is 9.59 Å². The molecule has 3 aromatic rings. The average Bonchev–Trinajstić information content (AvgIpc) is 3.14. The molecule has 1 N–H and O–H groups in total. The van der Waals surface area contributed by atoms with Crippen LogP contribution in [-0.4, -0.2) is 39.9 Å². The third-order valence-electron chi connectivity index (χ3n) is 5.50. The van der Waals surface area contributed by atoms with E-state index in [0.717, 1.165) is 5.69 Å². The standard InChI is InChI=1S/C23H22ClFN4O3/c1-13-6-3-10-18(26-13)27-22(30)15-7-5-11-29(12-15)23(31)19-14(2)32-28-21(19)20-16(24)8-4-9-17(20)25/h3-4,6,8-10,15H,5,7,11-12H2,1-2H3,(H,26,27,30). The Labute approximate surface area is 189 Å². The van der Waals surface area contributed by atoms with Gasteiger partial charge in [0.25, 0.3) is 5.91 Å². The molecule has 3 heterocycles. The second kappa shape index (κ2) is 9.08. The van der Waals surface area contributed by atoms with Gasteiger partial charge >= 0.3 is 0 Å². The summed E-state index contributed by atoms with van der Waals surface area (Å²) in [5, 5.41) is 6.86. The molecule has 2 amide bonds. The highest BCUT2D eigenvalue weighted by molar-refractivity contribution is 6.33. The van der Waals surface area contributed by atoms with Gasteiger partial charge < -0.3 is 14.7 Å². The van der Waals surface area contributed by atoms with Gasteiger partial charge in [-0.2, -0.15) is 0 Å². The molecule has 1 unspecified atom stereocenters. The fourth-order valence-corrected chi connectivity index (χ4v) is 4.15. The maximum atomic E-state index is 14.5. The summed E-state index contributed by atoms with van der Waals surface area (Å²) in [4.78, 5) is 32.1. The molecule has 1 atom stereocenters. The summed E-state index contributed by atoms with van der Waals surface area (Å²) in [6.45, 7) is 4.14. The number of likely N-dealkylation sites (tertiary alicyclic amines) is 1. The number of pyridine rings is 1. The first-order valence-corrected chi connectivity index (χ1v) is 10.7. The summed E-state index contributed by atoms with van der Waals surface area (Å²) in [6, 6.07) is 9.64. The number of benzene rings is 1. The number of amides is 2. The molecule has 2 aromatic heterocycles. The van der Waals surface area contributed by atoms with Crippen LogP contribution in [0.25, 0.3) is 11.3 Å². The van der Waals surface area contributed by atoms with E-state index < -0.39 is 11.7 Å². The molecule has 1 aliphatic heterocycles. The normalized spacial score (nSPS) is 16.1. The molecular weight excluding hydrogens is 435 g/mol. The van der Waals surface area contributed by atoms with Gasteiger partial charge in [0.05, 0.1) is 16.5 Å². The maximum absolute atomic E-state index is 14.5. The Balaban J connectivity index is 1.55. The third-order valence-corrected chi connectivity index (χ3v) is 5.81. The Morgan fingerprint density at radius 3 is 2.75 bits per heavy atom. The number of carbonyl (C=O) groups is 2. The van der Waals surface area contributed by atoms with Crippen LogP contribution in [0.2, 0.25) is 5.02 Å². The summed E-state index contributed by atoms with van der Waals surface area (Å²) in [5.74, 6) is -0.814. The molecule has 7 nitrogen and oxygen atoms in total. The second-order valence-corrected chi connectivity index (χ2v) is 8.21. The van der Waals surface area contributed by atoms with Crippen molar-refractivity contribution < 1.29 is 18.5 Å². The molecule has 1 aliphatic rings. The van der Waals surface area contributed by atoms with Crippen molar-refractivity contribution in [1.29, 1.82) is 0 Å². The zero-order valence-electron chi connectivity index (χ0n) is 17.7. The second-order valence-electron chi connectivity index (χ2n) is 7.80. The zero-order valence-corrected chi connectivity index (χ0v) is 18.4. The SMILES string of the molecule is Cc1cccc(NC(=O)C2CCCN(C(=O)c3c(-c4c(F)cccc4Cl)noc3C)C2)n1. The minimum absolute atomic E-state index is 0.0196. The van der Waals surface area contributed by atoms with Crippen molar-refractivity contribution in [3.8, 4) is 11.3 Å². The highest BCUT2D eigenvalue weighted by Crippen LogP contribution is 2.34. The number of rotatable bonds is 4. The summed E-state index contributed by atoms with van der Waals surface area (Å²) in [7, 11) is 0. The molecule has 166 valence electrons. The maximum Gasteiger partial charge on any atom is 0.259 e. The number of aromatic nitrogens is 2. The Bertz CT molecular complexity index is 1160. The molecule has 0 spiro atoms. The third kappa shape index (κ3) is 4.36. The Morgan fingerprint density at radius 1 is 1.22 bits per heavy atom. The van der Waals surface area contributed by atoms with Gasteiger partial charge in [-0.1, -0.05) is 28.9 Å². The molecule has 0 bridgehead atoms. The minimum atomic E-state index is -0.596. The van der Waals surface area contributed by atoms with Gasteiger partial charge in [-0.15, -0.1) is 0 Å². The number of halogens is 2. The van der Waals surface area contributed by atoms with E-state index in [9.17, 15) is 14.0 Å². The van der Waals surface area contributed by atoms with Crippen LogP contribution in [0.3, 0.4) is 0 Å². The van der Waals surface area contributed by atoms with E-state index in [1.165, 1.54) is 18.2 Å². The highest BCUT2D eigenvalue weighted by atomic mass is 35.5. The lowest BCUT2D eigenvalue weighted by Gasteiger charge is -2.32. The molecule has 1 saturated heterocycles. The predicted octanol–water partition coefficient (Wildman–Crippen LogP) is 4.64. The lowest BCUT2D eigenvalue weighted by Crippen LogP contribution is -2.44. The first-order chi connectivity index (χ1) is 15.3. The first kappa shape index (κ1) is 22.0. The number of nitrogens with one attached hydrogen (secondary N) is 1. The van der Waals surface area contributed by atoms with E-state index in [0.29, 0.717) is 25.2 Å². The van der Waals surface area contributed by atoms with Crippen molar-refractivity contribution in [1.82, 2.24) is 15.0 Å². The van der Waals surface area contributed by atoms with Crippen molar-refractivity contribution in [2.24, 2.45) is 5.92 Å². The van der Waals surface area contributed by atoms with Gasteiger partial charge in [-0.25, -0.2) is 9.37 Å². The molecule has 32 heavy (non-hydrogen) atoms. The van der Waals surface area contributed by atoms with Crippen molar-refractivity contribution in [2.45, 2.75) is 26.7 Å². The number of nitrogens with zero attached hydrogens (tertiary/aromatic N) is 3. The predicted molar refractivity (Wildman–Crippen MR) is 118 cm³/mol. The van der Waals surface area contributed by atoms with Crippen LogP contribution < -0.4 is 5.32 Å². The van der Waals surface area contributed by atoms with Crippen LogP contribution in [0.1, 0.15) is 34.7 Å². The topological polar surface area (TPSA) is 88.3 Å². The fraction of sp³-hybridized carbons (Fsp3) is 0.304. The van der Waals surface area contributed by atoms with E-state index in [-0.39, 0.29) is 46.0 Å². The van der Waals surface area contributed by atoms with Crippen molar-refractivity contribution in [2.75, 3.05) is 18.4 Å². The number of carbonyl (C=O) groups excluding carboxylic acids is 2. The van der Waals surface area contributed by atoms with Crippen molar-refractivity contribution in [3.63, 3.8) is 0 Å². The number of hydrogen-bond acceptors (Lipinski definition) is 5. The first-order valence-electron chi connectivity index (χ1n) is 10.3. The van der Waals surface area contributed by atoms with E-state index in [2.05, 4.69) is 15.5 Å². The molecule has 0 aliphatic carbocycles. The van der Waals surface area contributed by atoms with Crippen LogP contribution in [-0.2, 0) is 4.79 Å². The fourth-order valence-electron chi connectivity index (χ4n) is 3.89. The van der Waals surface area contributed by atoms with Crippen LogP contribution >= 0.6 is 11.6 Å². The van der Waals surface area contributed by atoms with Crippen LogP contribution in [0.15, 0.2) is 40.9 Å². The monoisotopic (exact) mass is 456 g/mol. The summed E-state index contributed by atoms with van der Waals surface area (Å²) < 4.78 is 19.7. The molecule has 1 aromatic carbocycles. The average molecular weight is 457 g/mol.